The molecular weight excluding hydrogens is 375 g/mol. The van der Waals surface area contributed by atoms with Crippen molar-refractivity contribution in [3.05, 3.63) is 41.7 Å². The average Bonchev–Trinajstić information content (AvgIpc) is 2.93. The number of aliphatic carboxylic acids is 1. The normalized spacial score (nSPS) is 25.5. The smallest absolute Gasteiger partial charge is 0.303 e. The standard InChI is InChI=1S/C23H33FO5/c24-17-7-5-6-16(14-17)10-11-18(25)12-13-20-19(21(26)15-22(20)27)8-3-1-2-4-9-23(28)29/h5-7,10-11,14,18-22,25-27H,1-4,8-9,12-13,15H2,(H,28,29)/t18?,19-,20-,21+,22-/m1/s1. The van der Waals surface area contributed by atoms with Gasteiger partial charge in [-0.25, -0.2) is 4.39 Å². The van der Waals surface area contributed by atoms with Gasteiger partial charge in [-0.1, -0.05) is 43.5 Å². The van der Waals surface area contributed by atoms with E-state index < -0.39 is 24.3 Å². The molecule has 1 aromatic rings. The number of carbonyl (C=O) groups is 1. The lowest BCUT2D eigenvalue weighted by molar-refractivity contribution is -0.137. The summed E-state index contributed by atoms with van der Waals surface area (Å²) in [5.74, 6) is -1.15. The molecule has 2 rings (SSSR count). The minimum Gasteiger partial charge on any atom is -0.481 e. The molecule has 1 fully saturated rings. The monoisotopic (exact) mass is 408 g/mol. The van der Waals surface area contributed by atoms with Gasteiger partial charge in [0.05, 0.1) is 18.3 Å². The van der Waals surface area contributed by atoms with Gasteiger partial charge < -0.3 is 20.4 Å². The molecule has 0 heterocycles. The number of benzene rings is 1. The zero-order valence-corrected chi connectivity index (χ0v) is 16.8. The average molecular weight is 409 g/mol. The van der Waals surface area contributed by atoms with Gasteiger partial charge in [-0.3, -0.25) is 4.79 Å². The van der Waals surface area contributed by atoms with E-state index in [4.69, 9.17) is 5.11 Å². The second-order valence-corrected chi connectivity index (χ2v) is 8.10. The van der Waals surface area contributed by atoms with Crippen LogP contribution in [0.1, 0.15) is 63.4 Å². The number of unbranched alkanes of at least 4 members (excludes halogenated alkanes) is 3. The van der Waals surface area contributed by atoms with Crippen molar-refractivity contribution in [2.75, 3.05) is 0 Å². The van der Waals surface area contributed by atoms with Gasteiger partial charge in [0.1, 0.15) is 5.82 Å². The second kappa shape index (κ2) is 12.1. The molecule has 0 radical (unpaired) electrons. The Balaban J connectivity index is 1.76. The van der Waals surface area contributed by atoms with Crippen LogP contribution >= 0.6 is 0 Å². The molecule has 1 unspecified atom stereocenters. The van der Waals surface area contributed by atoms with E-state index in [9.17, 15) is 24.5 Å². The van der Waals surface area contributed by atoms with Gasteiger partial charge in [-0.05, 0) is 61.6 Å². The molecule has 0 amide bonds. The van der Waals surface area contributed by atoms with Crippen LogP contribution in [0.15, 0.2) is 30.3 Å². The number of halogens is 1. The molecule has 4 N–H and O–H groups in total. The van der Waals surface area contributed by atoms with Crippen molar-refractivity contribution in [2.24, 2.45) is 11.8 Å². The Bertz CT molecular complexity index is 662. The summed E-state index contributed by atoms with van der Waals surface area (Å²) in [6.45, 7) is 0. The highest BCUT2D eigenvalue weighted by atomic mass is 19.1. The molecule has 0 bridgehead atoms. The quantitative estimate of drug-likeness (QED) is 0.395. The SMILES string of the molecule is O=C(O)CCCCCC[C@@H]1[C@@H](CCC(O)C=Cc2cccc(F)c2)[C@H](O)C[C@@H]1O. The molecule has 0 aromatic heterocycles. The van der Waals surface area contributed by atoms with Gasteiger partial charge in [0.25, 0.3) is 0 Å². The third-order valence-electron chi connectivity index (χ3n) is 5.85. The molecule has 1 aliphatic carbocycles. The van der Waals surface area contributed by atoms with Crippen LogP contribution in [0.2, 0.25) is 0 Å². The lowest BCUT2D eigenvalue weighted by Gasteiger charge is -2.24. The highest BCUT2D eigenvalue weighted by Crippen LogP contribution is 2.39. The van der Waals surface area contributed by atoms with Crippen LogP contribution in [-0.4, -0.2) is 44.7 Å². The van der Waals surface area contributed by atoms with E-state index in [-0.39, 0.29) is 24.1 Å². The van der Waals surface area contributed by atoms with E-state index in [2.05, 4.69) is 0 Å². The van der Waals surface area contributed by atoms with E-state index in [1.807, 2.05) is 0 Å². The molecule has 162 valence electrons. The van der Waals surface area contributed by atoms with Crippen molar-refractivity contribution in [2.45, 2.75) is 76.1 Å². The zero-order valence-electron chi connectivity index (χ0n) is 16.8. The summed E-state index contributed by atoms with van der Waals surface area (Å²) in [7, 11) is 0. The van der Waals surface area contributed by atoms with Crippen LogP contribution in [0, 0.1) is 17.7 Å². The summed E-state index contributed by atoms with van der Waals surface area (Å²) in [5, 5.41) is 39.5. The summed E-state index contributed by atoms with van der Waals surface area (Å²) in [6.07, 6.45) is 7.27. The molecule has 1 saturated carbocycles. The van der Waals surface area contributed by atoms with Crippen LogP contribution in [0.3, 0.4) is 0 Å². The summed E-state index contributed by atoms with van der Waals surface area (Å²) in [4.78, 5) is 10.5. The number of aliphatic hydroxyl groups excluding tert-OH is 3. The Morgan fingerprint density at radius 2 is 1.79 bits per heavy atom. The van der Waals surface area contributed by atoms with Crippen LogP contribution in [0.5, 0.6) is 0 Å². The first-order chi connectivity index (χ1) is 13.9. The topological polar surface area (TPSA) is 98.0 Å². The maximum atomic E-state index is 13.2. The van der Waals surface area contributed by atoms with Crippen molar-refractivity contribution >= 4 is 12.0 Å². The maximum absolute atomic E-state index is 13.2. The van der Waals surface area contributed by atoms with Crippen LogP contribution in [-0.2, 0) is 4.79 Å². The molecule has 0 spiro atoms. The van der Waals surface area contributed by atoms with Gasteiger partial charge >= 0.3 is 5.97 Å². The predicted octanol–water partition coefficient (Wildman–Crippen LogP) is 3.76. The Labute approximate surface area is 171 Å². The van der Waals surface area contributed by atoms with Gasteiger partial charge in [-0.2, -0.15) is 0 Å². The molecule has 1 aliphatic rings. The minimum absolute atomic E-state index is 0.00359. The van der Waals surface area contributed by atoms with E-state index in [1.165, 1.54) is 12.1 Å². The number of carboxylic acid groups (broad SMARTS) is 1. The van der Waals surface area contributed by atoms with E-state index in [0.29, 0.717) is 31.2 Å². The number of rotatable bonds is 12. The zero-order chi connectivity index (χ0) is 21.2. The van der Waals surface area contributed by atoms with Gasteiger partial charge in [0.15, 0.2) is 0 Å². The molecule has 0 aliphatic heterocycles. The Kier molecular flexibility index (Phi) is 9.78. The van der Waals surface area contributed by atoms with Crippen LogP contribution in [0.4, 0.5) is 4.39 Å². The highest BCUT2D eigenvalue weighted by Gasteiger charge is 2.40. The van der Waals surface area contributed by atoms with Crippen LogP contribution in [0.25, 0.3) is 6.08 Å². The fourth-order valence-electron chi connectivity index (χ4n) is 4.28. The van der Waals surface area contributed by atoms with Crippen molar-refractivity contribution in [3.8, 4) is 0 Å². The van der Waals surface area contributed by atoms with E-state index in [1.54, 1.807) is 24.3 Å². The molecule has 5 nitrogen and oxygen atoms in total. The summed E-state index contributed by atoms with van der Waals surface area (Å²) in [6, 6.07) is 6.14. The summed E-state index contributed by atoms with van der Waals surface area (Å²) in [5.41, 5.74) is 0.682. The maximum Gasteiger partial charge on any atom is 0.303 e. The largest absolute Gasteiger partial charge is 0.481 e. The Morgan fingerprint density at radius 3 is 2.48 bits per heavy atom. The minimum atomic E-state index is -0.774. The number of hydrogen-bond acceptors (Lipinski definition) is 4. The molecular formula is C23H33FO5. The Morgan fingerprint density at radius 1 is 1.10 bits per heavy atom. The van der Waals surface area contributed by atoms with E-state index in [0.717, 1.165) is 25.7 Å². The van der Waals surface area contributed by atoms with Gasteiger partial charge in [0.2, 0.25) is 0 Å². The first kappa shape index (κ1) is 23.5. The number of hydrogen-bond donors (Lipinski definition) is 4. The molecule has 5 atom stereocenters. The van der Waals surface area contributed by atoms with Gasteiger partial charge in [0, 0.05) is 6.42 Å². The number of carboxylic acids is 1. The Hall–Kier alpha value is -1.76. The lowest BCUT2D eigenvalue weighted by Crippen LogP contribution is -2.23. The van der Waals surface area contributed by atoms with Gasteiger partial charge in [-0.15, -0.1) is 0 Å². The van der Waals surface area contributed by atoms with Crippen molar-refractivity contribution in [1.29, 1.82) is 0 Å². The fourth-order valence-corrected chi connectivity index (χ4v) is 4.28. The third-order valence-corrected chi connectivity index (χ3v) is 5.85. The molecule has 1 aromatic carbocycles. The molecule has 29 heavy (non-hydrogen) atoms. The summed E-state index contributed by atoms with van der Waals surface area (Å²) < 4.78 is 13.2. The molecule has 0 saturated heterocycles. The van der Waals surface area contributed by atoms with Crippen molar-refractivity contribution in [1.82, 2.24) is 0 Å². The number of aliphatic hydroxyl groups is 3. The van der Waals surface area contributed by atoms with Crippen molar-refractivity contribution < 1.29 is 29.6 Å². The first-order valence-corrected chi connectivity index (χ1v) is 10.6. The van der Waals surface area contributed by atoms with Crippen LogP contribution < -0.4 is 0 Å². The highest BCUT2D eigenvalue weighted by molar-refractivity contribution is 5.66. The predicted molar refractivity (Wildman–Crippen MR) is 110 cm³/mol. The molecule has 6 heteroatoms. The second-order valence-electron chi connectivity index (χ2n) is 8.10. The first-order valence-electron chi connectivity index (χ1n) is 10.6. The van der Waals surface area contributed by atoms with E-state index >= 15 is 0 Å². The third kappa shape index (κ3) is 8.25. The lowest BCUT2D eigenvalue weighted by atomic mass is 9.85. The fraction of sp³-hybridized carbons (Fsp3) is 0.609. The van der Waals surface area contributed by atoms with Crippen molar-refractivity contribution in [3.63, 3.8) is 0 Å². The summed E-state index contributed by atoms with van der Waals surface area (Å²) >= 11 is 0.